The molecule has 0 radical (unpaired) electrons. The monoisotopic (exact) mass is 600 g/mol. The number of carbonyl (C=O) groups is 1. The topological polar surface area (TPSA) is 100 Å². The lowest BCUT2D eigenvalue weighted by Crippen LogP contribution is -2.64. The number of hydrogen-bond acceptors (Lipinski definition) is 8. The highest BCUT2D eigenvalue weighted by Gasteiger charge is 2.50. The van der Waals surface area contributed by atoms with Gasteiger partial charge in [-0.3, -0.25) is 20.3 Å². The summed E-state index contributed by atoms with van der Waals surface area (Å²) in [5.74, 6) is -0.643. The molecular formula is C30H37ClN4O5S. The molecule has 1 spiro atoms. The molecule has 220 valence electrons. The number of halogens is 1. The fraction of sp³-hybridized carbons (Fsp3) is 0.433. The smallest absolute Gasteiger partial charge is 0.321 e. The van der Waals surface area contributed by atoms with Crippen molar-refractivity contribution in [2.24, 2.45) is 0 Å². The van der Waals surface area contributed by atoms with Crippen LogP contribution in [0.5, 0.6) is 0 Å². The first-order valence-electron chi connectivity index (χ1n) is 13.7. The number of piperidine rings is 1. The molecule has 41 heavy (non-hydrogen) atoms. The zero-order valence-corrected chi connectivity index (χ0v) is 25.0. The van der Waals surface area contributed by atoms with E-state index in [-0.39, 0.29) is 23.6 Å². The molecule has 5 rings (SSSR count). The zero-order chi connectivity index (χ0) is 29.1. The van der Waals surface area contributed by atoms with Gasteiger partial charge in [0.1, 0.15) is 12.2 Å². The summed E-state index contributed by atoms with van der Waals surface area (Å²) >= 11 is 6.11. The third-order valence-corrected chi connectivity index (χ3v) is 10.1. The summed E-state index contributed by atoms with van der Waals surface area (Å²) in [5, 5.41) is 9.43. The number of likely N-dealkylation sites (tertiary alicyclic amines) is 1. The minimum atomic E-state index is -4.08. The number of carbonyl (C=O) groups excluding carboxylic acids is 1. The highest BCUT2D eigenvalue weighted by atomic mass is 35.5. The molecule has 1 atom stereocenters. The molecule has 3 aromatic rings. The number of rotatable bonds is 10. The van der Waals surface area contributed by atoms with E-state index in [1.54, 1.807) is 43.5 Å². The maximum Gasteiger partial charge on any atom is 0.321 e. The van der Waals surface area contributed by atoms with Gasteiger partial charge in [-0.25, -0.2) is 8.42 Å². The summed E-state index contributed by atoms with van der Waals surface area (Å²) in [6.45, 7) is 3.16. The average Bonchev–Trinajstić information content (AvgIpc) is 3.31. The van der Waals surface area contributed by atoms with Crippen LogP contribution in [0.4, 0.5) is 0 Å². The van der Waals surface area contributed by atoms with Crippen LogP contribution in [-0.4, -0.2) is 88.3 Å². The highest BCUT2D eigenvalue weighted by Crippen LogP contribution is 2.32. The van der Waals surface area contributed by atoms with E-state index in [4.69, 9.17) is 21.1 Å². The van der Waals surface area contributed by atoms with Gasteiger partial charge >= 0.3 is 5.97 Å². The molecule has 0 aromatic heterocycles. The largest absolute Gasteiger partial charge is 0.468 e. The summed E-state index contributed by atoms with van der Waals surface area (Å²) in [6, 6.07) is 20.6. The van der Waals surface area contributed by atoms with E-state index < -0.39 is 28.2 Å². The van der Waals surface area contributed by atoms with Crippen LogP contribution in [0.1, 0.15) is 18.4 Å². The third-order valence-electron chi connectivity index (χ3n) is 8.11. The van der Waals surface area contributed by atoms with Crippen molar-refractivity contribution in [3.8, 4) is 0 Å². The number of methoxy groups -OCH3 is 2. The Morgan fingerprint density at radius 2 is 1.73 bits per heavy atom. The minimum Gasteiger partial charge on any atom is -0.468 e. The first-order valence-corrected chi connectivity index (χ1v) is 15.5. The number of fused-ring (bicyclic) bond motifs is 1. The Bertz CT molecular complexity index is 1480. The molecule has 2 aliphatic rings. The molecule has 2 saturated heterocycles. The van der Waals surface area contributed by atoms with Crippen LogP contribution in [0.3, 0.4) is 0 Å². The summed E-state index contributed by atoms with van der Waals surface area (Å²) in [5.41, 5.74) is 0.186. The van der Waals surface area contributed by atoms with Gasteiger partial charge in [-0.1, -0.05) is 54.1 Å². The second-order valence-corrected chi connectivity index (χ2v) is 13.4. The van der Waals surface area contributed by atoms with Crippen LogP contribution in [0, 0.1) is 0 Å². The SMILES string of the molecule is COCC1(CN(CC(=O)OC)S(=O)(=O)c2ccc3cc(Cl)ccc3c2)NCC2(CCN(Cc3ccccc3)CC2)N1. The molecule has 11 heteroatoms. The molecule has 0 aliphatic carbocycles. The van der Waals surface area contributed by atoms with Gasteiger partial charge in [0, 0.05) is 50.4 Å². The molecule has 9 nitrogen and oxygen atoms in total. The minimum absolute atomic E-state index is 0.0214. The predicted octanol–water partition coefficient (Wildman–Crippen LogP) is 3.23. The average molecular weight is 601 g/mol. The number of nitrogens with zero attached hydrogens (tertiary/aromatic N) is 2. The van der Waals surface area contributed by atoms with E-state index in [1.807, 2.05) is 6.07 Å². The molecule has 0 bridgehead atoms. The van der Waals surface area contributed by atoms with Crippen molar-refractivity contribution in [3.05, 3.63) is 77.3 Å². The lowest BCUT2D eigenvalue weighted by atomic mass is 9.88. The fourth-order valence-electron chi connectivity index (χ4n) is 5.93. The maximum absolute atomic E-state index is 14.0. The van der Waals surface area contributed by atoms with E-state index in [2.05, 4.69) is 39.8 Å². The van der Waals surface area contributed by atoms with Crippen molar-refractivity contribution < 1.29 is 22.7 Å². The van der Waals surface area contributed by atoms with Crippen molar-refractivity contribution in [1.82, 2.24) is 19.8 Å². The second kappa shape index (κ2) is 12.3. The Balaban J connectivity index is 1.36. The predicted molar refractivity (Wildman–Crippen MR) is 159 cm³/mol. The van der Waals surface area contributed by atoms with Gasteiger partial charge in [0.25, 0.3) is 0 Å². The van der Waals surface area contributed by atoms with Crippen molar-refractivity contribution in [1.29, 1.82) is 0 Å². The van der Waals surface area contributed by atoms with E-state index in [0.717, 1.165) is 43.2 Å². The van der Waals surface area contributed by atoms with Crippen LogP contribution in [0.2, 0.25) is 5.02 Å². The van der Waals surface area contributed by atoms with Gasteiger partial charge in [-0.2, -0.15) is 4.31 Å². The summed E-state index contributed by atoms with van der Waals surface area (Å²) < 4.78 is 39.7. The quantitative estimate of drug-likeness (QED) is 0.342. The first kappa shape index (κ1) is 29.9. The Hall–Kier alpha value is -2.57. The van der Waals surface area contributed by atoms with Gasteiger partial charge in [-0.15, -0.1) is 0 Å². The number of hydrogen-bond donors (Lipinski definition) is 2. The Morgan fingerprint density at radius 3 is 2.44 bits per heavy atom. The molecule has 3 aromatic carbocycles. The van der Waals surface area contributed by atoms with Gasteiger partial charge in [0.2, 0.25) is 10.0 Å². The van der Waals surface area contributed by atoms with Gasteiger partial charge < -0.3 is 9.47 Å². The Labute approximate surface area is 246 Å². The normalized spacial score (nSPS) is 21.1. The summed E-state index contributed by atoms with van der Waals surface area (Å²) in [7, 11) is -1.24. The van der Waals surface area contributed by atoms with E-state index >= 15 is 0 Å². The number of benzene rings is 3. The Morgan fingerprint density at radius 1 is 1.02 bits per heavy atom. The van der Waals surface area contributed by atoms with Gasteiger partial charge in [-0.05, 0) is 53.4 Å². The van der Waals surface area contributed by atoms with E-state index in [9.17, 15) is 13.2 Å². The summed E-state index contributed by atoms with van der Waals surface area (Å²) in [4.78, 5) is 15.0. The van der Waals surface area contributed by atoms with Crippen LogP contribution in [0.15, 0.2) is 71.6 Å². The molecule has 2 N–H and O–H groups in total. The van der Waals surface area contributed by atoms with E-state index in [1.165, 1.54) is 17.0 Å². The highest BCUT2D eigenvalue weighted by molar-refractivity contribution is 7.89. The van der Waals surface area contributed by atoms with Crippen LogP contribution >= 0.6 is 11.6 Å². The van der Waals surface area contributed by atoms with Crippen LogP contribution in [-0.2, 0) is 30.8 Å². The van der Waals surface area contributed by atoms with Gasteiger partial charge in [0.15, 0.2) is 0 Å². The maximum atomic E-state index is 14.0. The van der Waals surface area contributed by atoms with Gasteiger partial charge in [0.05, 0.1) is 18.6 Å². The lowest BCUT2D eigenvalue weighted by molar-refractivity contribution is -0.141. The van der Waals surface area contributed by atoms with Crippen LogP contribution < -0.4 is 10.6 Å². The molecule has 2 aliphatic heterocycles. The molecule has 1 unspecified atom stereocenters. The molecule has 0 amide bonds. The third kappa shape index (κ3) is 6.75. The number of sulfonamides is 1. The Kier molecular flexibility index (Phi) is 9.01. The number of nitrogens with one attached hydrogen (secondary N) is 2. The fourth-order valence-corrected chi connectivity index (χ4v) is 7.59. The van der Waals surface area contributed by atoms with Crippen molar-refractivity contribution in [3.63, 3.8) is 0 Å². The lowest BCUT2D eigenvalue weighted by Gasteiger charge is -2.42. The summed E-state index contributed by atoms with van der Waals surface area (Å²) in [6.07, 6.45) is 1.80. The van der Waals surface area contributed by atoms with Crippen molar-refractivity contribution >= 4 is 38.4 Å². The van der Waals surface area contributed by atoms with Crippen molar-refractivity contribution in [2.75, 3.05) is 53.6 Å². The van der Waals surface area contributed by atoms with E-state index in [0.29, 0.717) is 11.6 Å². The second-order valence-electron chi connectivity index (χ2n) is 11.0. The zero-order valence-electron chi connectivity index (χ0n) is 23.4. The molecular weight excluding hydrogens is 564 g/mol. The molecule has 2 fully saturated rings. The van der Waals surface area contributed by atoms with Crippen LogP contribution in [0.25, 0.3) is 10.8 Å². The standard InChI is InChI=1S/C30H37ClN4O5S/c1-39-22-30(32-20-29(33-30)12-14-34(15-13-29)18-23-6-4-3-5-7-23)21-35(19-28(36)40-2)41(37,38)27-11-9-24-16-26(31)10-8-25(24)17-27/h3-11,16-17,32-33H,12-15,18-22H2,1-2H3. The van der Waals surface area contributed by atoms with Crippen molar-refractivity contribution in [2.45, 2.75) is 35.5 Å². The molecule has 2 heterocycles. The number of ether oxygens (including phenoxy) is 2. The first-order chi connectivity index (χ1) is 19.7. The molecule has 0 saturated carbocycles. The number of esters is 1.